The van der Waals surface area contributed by atoms with Gasteiger partial charge < -0.3 is 5.32 Å². The highest BCUT2D eigenvalue weighted by Crippen LogP contribution is 2.27. The Kier molecular flexibility index (Phi) is 4.50. The van der Waals surface area contributed by atoms with Gasteiger partial charge in [-0.2, -0.15) is 5.10 Å². The molecule has 0 radical (unpaired) electrons. The summed E-state index contributed by atoms with van der Waals surface area (Å²) in [7, 11) is 0. The van der Waals surface area contributed by atoms with Crippen LogP contribution in [0.15, 0.2) is 67.0 Å². The van der Waals surface area contributed by atoms with Crippen LogP contribution in [0.5, 0.6) is 0 Å². The fourth-order valence-corrected chi connectivity index (χ4v) is 2.93. The first kappa shape index (κ1) is 17.1. The van der Waals surface area contributed by atoms with Crippen LogP contribution < -0.4 is 5.32 Å². The lowest BCUT2D eigenvalue weighted by Gasteiger charge is -2.17. The molecule has 0 amide bonds. The normalized spacial score (nSPS) is 12.4. The van der Waals surface area contributed by atoms with Gasteiger partial charge in [0.1, 0.15) is 5.82 Å². The Morgan fingerprint density at radius 1 is 0.963 bits per heavy atom. The van der Waals surface area contributed by atoms with Gasteiger partial charge in [0.25, 0.3) is 6.43 Å². The molecule has 1 atom stereocenters. The van der Waals surface area contributed by atoms with Crippen LogP contribution in [0.2, 0.25) is 0 Å². The van der Waals surface area contributed by atoms with Crippen molar-refractivity contribution in [3.8, 4) is 5.69 Å². The fraction of sp³-hybridized carbons (Fsp3) is 0.150. The van der Waals surface area contributed by atoms with Gasteiger partial charge in [-0.1, -0.05) is 24.3 Å². The van der Waals surface area contributed by atoms with E-state index in [1.165, 1.54) is 0 Å². The van der Waals surface area contributed by atoms with Gasteiger partial charge in [-0.15, -0.1) is 0 Å². The summed E-state index contributed by atoms with van der Waals surface area (Å²) in [6.45, 7) is 1.96. The molecule has 0 spiro atoms. The van der Waals surface area contributed by atoms with Crippen molar-refractivity contribution in [2.45, 2.75) is 19.4 Å². The smallest absolute Gasteiger partial charge is 0.297 e. The number of fused-ring (bicyclic) bond motifs is 1. The molecule has 0 aliphatic carbocycles. The molecule has 136 valence electrons. The van der Waals surface area contributed by atoms with Crippen LogP contribution in [0, 0.1) is 0 Å². The van der Waals surface area contributed by atoms with Gasteiger partial charge in [-0.3, -0.25) is 0 Å². The van der Waals surface area contributed by atoms with Gasteiger partial charge in [-0.25, -0.2) is 23.4 Å². The third kappa shape index (κ3) is 3.48. The Morgan fingerprint density at radius 3 is 2.44 bits per heavy atom. The fourth-order valence-electron chi connectivity index (χ4n) is 2.93. The molecule has 27 heavy (non-hydrogen) atoms. The first-order valence-electron chi connectivity index (χ1n) is 8.53. The zero-order valence-corrected chi connectivity index (χ0v) is 14.6. The molecule has 0 aliphatic heterocycles. The Balaban J connectivity index is 1.63. The van der Waals surface area contributed by atoms with E-state index in [1.54, 1.807) is 23.0 Å². The molecule has 1 N–H and O–H groups in total. The van der Waals surface area contributed by atoms with Crippen LogP contribution in [-0.2, 0) is 0 Å². The number of benzene rings is 2. The predicted molar refractivity (Wildman–Crippen MR) is 100 cm³/mol. The summed E-state index contributed by atoms with van der Waals surface area (Å²) >= 11 is 0. The van der Waals surface area contributed by atoms with Crippen LogP contribution in [0.4, 0.5) is 14.6 Å². The zero-order valence-electron chi connectivity index (χ0n) is 14.6. The number of alkyl halides is 2. The summed E-state index contributed by atoms with van der Waals surface area (Å²) in [5, 5.41) is 8.16. The Labute approximate surface area is 154 Å². The number of para-hydroxylation sites is 1. The van der Waals surface area contributed by atoms with Gasteiger partial charge in [-0.05, 0) is 42.8 Å². The highest BCUT2D eigenvalue weighted by molar-refractivity contribution is 5.89. The van der Waals surface area contributed by atoms with E-state index in [0.29, 0.717) is 16.7 Å². The largest absolute Gasteiger partial charge is 0.363 e. The van der Waals surface area contributed by atoms with E-state index < -0.39 is 12.2 Å². The van der Waals surface area contributed by atoms with Gasteiger partial charge in [0.2, 0.25) is 0 Å². The van der Waals surface area contributed by atoms with E-state index in [4.69, 9.17) is 0 Å². The number of hydrogen-bond donors (Lipinski definition) is 1. The second-order valence-corrected chi connectivity index (χ2v) is 6.16. The SMILES string of the molecule is CC(Nc1nc(C(F)F)nc2ccccc12)c1ccc(-n2cccn2)cc1. The van der Waals surface area contributed by atoms with Gasteiger partial charge in [0.15, 0.2) is 5.82 Å². The van der Waals surface area contributed by atoms with Crippen LogP contribution >= 0.6 is 0 Å². The maximum Gasteiger partial charge on any atom is 0.297 e. The molecule has 2 heterocycles. The second kappa shape index (κ2) is 7.11. The summed E-state index contributed by atoms with van der Waals surface area (Å²) in [5.41, 5.74) is 2.45. The summed E-state index contributed by atoms with van der Waals surface area (Å²) < 4.78 is 28.1. The predicted octanol–water partition coefficient (Wildman–Crippen LogP) is 4.93. The van der Waals surface area contributed by atoms with Gasteiger partial charge in [0, 0.05) is 23.8 Å². The average Bonchev–Trinajstić information content (AvgIpc) is 3.22. The van der Waals surface area contributed by atoms with Crippen molar-refractivity contribution in [3.05, 3.63) is 78.4 Å². The van der Waals surface area contributed by atoms with Crippen molar-refractivity contribution in [1.29, 1.82) is 0 Å². The van der Waals surface area contributed by atoms with Gasteiger partial charge in [0.05, 0.1) is 11.2 Å². The van der Waals surface area contributed by atoms with Crippen molar-refractivity contribution >= 4 is 16.7 Å². The first-order chi connectivity index (χ1) is 13.1. The van der Waals surface area contributed by atoms with Crippen LogP contribution in [-0.4, -0.2) is 19.7 Å². The minimum Gasteiger partial charge on any atom is -0.363 e. The topological polar surface area (TPSA) is 55.6 Å². The van der Waals surface area contributed by atoms with Crippen LogP contribution in [0.3, 0.4) is 0 Å². The number of nitrogens with one attached hydrogen (secondary N) is 1. The molecule has 0 fully saturated rings. The molecule has 7 heteroatoms. The molecule has 2 aromatic carbocycles. The maximum atomic E-state index is 13.2. The number of rotatable bonds is 5. The Bertz CT molecular complexity index is 1050. The quantitative estimate of drug-likeness (QED) is 0.545. The van der Waals surface area contributed by atoms with Crippen molar-refractivity contribution < 1.29 is 8.78 Å². The molecule has 1 unspecified atom stereocenters. The van der Waals surface area contributed by atoms with E-state index in [2.05, 4.69) is 20.4 Å². The lowest BCUT2D eigenvalue weighted by Crippen LogP contribution is -2.10. The number of nitrogens with zero attached hydrogens (tertiary/aromatic N) is 4. The van der Waals surface area contributed by atoms with E-state index in [-0.39, 0.29) is 6.04 Å². The third-order valence-electron chi connectivity index (χ3n) is 4.33. The molecule has 0 saturated carbocycles. The van der Waals surface area contributed by atoms with Crippen LogP contribution in [0.1, 0.15) is 30.8 Å². The molecule has 4 rings (SSSR count). The molecular formula is C20H17F2N5. The average molecular weight is 365 g/mol. The minimum absolute atomic E-state index is 0.125. The highest BCUT2D eigenvalue weighted by Gasteiger charge is 2.16. The van der Waals surface area contributed by atoms with Crippen molar-refractivity contribution in [3.63, 3.8) is 0 Å². The molecule has 2 aromatic heterocycles. The standard InChI is InChI=1S/C20H17F2N5/c1-13(14-7-9-15(10-8-14)27-12-4-11-23-27)24-19-16-5-2-3-6-17(16)25-20(26-19)18(21)22/h2-13,18H,1H3,(H,24,25,26). The number of aromatic nitrogens is 4. The van der Waals surface area contributed by atoms with Crippen molar-refractivity contribution in [2.24, 2.45) is 0 Å². The molecule has 4 aromatic rings. The summed E-state index contributed by atoms with van der Waals surface area (Å²) in [6, 6.07) is 16.7. The lowest BCUT2D eigenvalue weighted by atomic mass is 10.1. The summed E-state index contributed by atoms with van der Waals surface area (Å²) in [5.74, 6) is -0.0722. The van der Waals surface area contributed by atoms with Gasteiger partial charge >= 0.3 is 0 Å². The van der Waals surface area contributed by atoms with E-state index >= 15 is 0 Å². The molecule has 0 bridgehead atoms. The summed E-state index contributed by atoms with van der Waals surface area (Å²) in [4.78, 5) is 7.98. The summed E-state index contributed by atoms with van der Waals surface area (Å²) in [6.07, 6.45) is 0.868. The van der Waals surface area contributed by atoms with E-state index in [9.17, 15) is 8.78 Å². The molecule has 5 nitrogen and oxygen atoms in total. The van der Waals surface area contributed by atoms with E-state index in [1.807, 2.05) is 55.6 Å². The Morgan fingerprint density at radius 2 is 1.74 bits per heavy atom. The first-order valence-corrected chi connectivity index (χ1v) is 8.53. The lowest BCUT2D eigenvalue weighted by molar-refractivity contribution is 0.141. The van der Waals surface area contributed by atoms with Crippen molar-refractivity contribution in [2.75, 3.05) is 5.32 Å². The monoisotopic (exact) mass is 365 g/mol. The maximum absolute atomic E-state index is 13.2. The highest BCUT2D eigenvalue weighted by atomic mass is 19.3. The molecule has 0 aliphatic rings. The van der Waals surface area contributed by atoms with E-state index in [0.717, 1.165) is 11.3 Å². The van der Waals surface area contributed by atoms with Crippen LogP contribution in [0.25, 0.3) is 16.6 Å². The second-order valence-electron chi connectivity index (χ2n) is 6.16. The zero-order chi connectivity index (χ0) is 18.8. The third-order valence-corrected chi connectivity index (χ3v) is 4.33. The van der Waals surface area contributed by atoms with Crippen molar-refractivity contribution in [1.82, 2.24) is 19.7 Å². The minimum atomic E-state index is -2.72. The number of halogens is 2. The number of hydrogen-bond acceptors (Lipinski definition) is 4. The Hall–Kier alpha value is -3.35. The molecular weight excluding hydrogens is 348 g/mol. The molecule has 0 saturated heterocycles. The number of anilines is 1.